The van der Waals surface area contributed by atoms with Gasteiger partial charge in [0.05, 0.1) is 0 Å². The van der Waals surface area contributed by atoms with Crippen LogP contribution in [0.5, 0.6) is 0 Å². The molecule has 0 spiro atoms. The molecule has 0 N–H and O–H groups in total. The highest BCUT2D eigenvalue weighted by atomic mass is 14.9. The number of hydrogen-bond donors (Lipinski definition) is 0. The predicted molar refractivity (Wildman–Crippen MR) is 86.5 cm³/mol. The van der Waals surface area contributed by atoms with Crippen molar-refractivity contribution in [2.75, 3.05) is 0 Å². The predicted octanol–water partition coefficient (Wildman–Crippen LogP) is 3.55. The van der Waals surface area contributed by atoms with E-state index in [0.29, 0.717) is 0 Å². The number of terminal acetylenes is 1. The van der Waals surface area contributed by atoms with Crippen LogP contribution >= 0.6 is 0 Å². The number of unbranched alkanes of at least 4 members (excludes halogenated alkanes) is 2. The van der Waals surface area contributed by atoms with Crippen LogP contribution in [0.1, 0.15) is 43.0 Å². The van der Waals surface area contributed by atoms with Gasteiger partial charge in [-0.15, -0.1) is 6.42 Å². The maximum Gasteiger partial charge on any atom is 0.272 e. The minimum atomic E-state index is 0.786. The molecule has 2 rings (SSSR count). The third kappa shape index (κ3) is 4.23. The van der Waals surface area contributed by atoms with E-state index in [9.17, 15) is 0 Å². The quantitative estimate of drug-likeness (QED) is 0.456. The number of benzene rings is 1. The van der Waals surface area contributed by atoms with E-state index >= 15 is 0 Å². The Kier molecular flexibility index (Phi) is 5.62. The van der Waals surface area contributed by atoms with Gasteiger partial charge in [0.1, 0.15) is 5.56 Å². The lowest BCUT2D eigenvalue weighted by Crippen LogP contribution is -2.38. The first kappa shape index (κ1) is 14.9. The van der Waals surface area contributed by atoms with Gasteiger partial charge in [-0.25, -0.2) is 0 Å². The molecule has 0 aliphatic rings. The molecule has 0 saturated carbocycles. The van der Waals surface area contributed by atoms with Gasteiger partial charge >= 0.3 is 0 Å². The Balaban J connectivity index is 2.31. The molecule has 0 atom stereocenters. The van der Waals surface area contributed by atoms with Crippen LogP contribution in [0, 0.1) is 24.2 Å². The summed E-state index contributed by atoms with van der Waals surface area (Å²) in [4.78, 5) is 0. The van der Waals surface area contributed by atoms with Crippen molar-refractivity contribution < 1.29 is 4.57 Å². The number of aromatic nitrogens is 1. The van der Waals surface area contributed by atoms with Crippen molar-refractivity contribution in [2.24, 2.45) is 0 Å². The molecule has 2 aromatic rings. The van der Waals surface area contributed by atoms with E-state index in [1.165, 1.54) is 5.56 Å². The minimum Gasteiger partial charge on any atom is -0.186 e. The highest BCUT2D eigenvalue weighted by Crippen LogP contribution is 2.04. The lowest BCUT2D eigenvalue weighted by atomic mass is 10.1. The minimum absolute atomic E-state index is 0.786. The van der Waals surface area contributed by atoms with Gasteiger partial charge in [-0.3, -0.25) is 0 Å². The van der Waals surface area contributed by atoms with Crippen molar-refractivity contribution in [2.45, 2.75) is 32.7 Å². The van der Waals surface area contributed by atoms with Crippen molar-refractivity contribution in [1.29, 1.82) is 0 Å². The van der Waals surface area contributed by atoms with Crippen LogP contribution in [0.3, 0.4) is 0 Å². The van der Waals surface area contributed by atoms with E-state index in [2.05, 4.69) is 41.4 Å². The second kappa shape index (κ2) is 7.93. The Labute approximate surface area is 127 Å². The Morgan fingerprint density at radius 2 is 1.90 bits per heavy atom. The molecule has 0 bridgehead atoms. The monoisotopic (exact) mass is 274 g/mol. The molecule has 21 heavy (non-hydrogen) atoms. The van der Waals surface area contributed by atoms with Crippen LogP contribution in [0.15, 0.2) is 48.7 Å². The van der Waals surface area contributed by atoms with Crippen molar-refractivity contribution in [3.05, 3.63) is 65.5 Å². The van der Waals surface area contributed by atoms with Gasteiger partial charge in [0.25, 0.3) is 5.69 Å². The second-order valence-corrected chi connectivity index (χ2v) is 4.93. The van der Waals surface area contributed by atoms with E-state index in [0.717, 1.165) is 37.1 Å². The van der Waals surface area contributed by atoms with Crippen LogP contribution in [-0.4, -0.2) is 0 Å². The molecule has 1 aromatic carbocycles. The average Bonchev–Trinajstić information content (AvgIpc) is 2.53. The molecule has 0 aliphatic heterocycles. The van der Waals surface area contributed by atoms with Gasteiger partial charge in [-0.05, 0) is 12.5 Å². The zero-order valence-electron chi connectivity index (χ0n) is 12.5. The molecule has 104 valence electrons. The fraction of sp³-hybridized carbons (Fsp3) is 0.250. The molecule has 1 aromatic heterocycles. The van der Waals surface area contributed by atoms with Crippen LogP contribution < -0.4 is 4.57 Å². The van der Waals surface area contributed by atoms with Crippen molar-refractivity contribution >= 4 is 0 Å². The van der Waals surface area contributed by atoms with E-state index in [1.807, 2.05) is 36.5 Å². The third-order valence-corrected chi connectivity index (χ3v) is 3.28. The number of pyridine rings is 1. The zero-order valence-corrected chi connectivity index (χ0v) is 12.5. The largest absolute Gasteiger partial charge is 0.272 e. The fourth-order valence-electron chi connectivity index (χ4n) is 2.13. The molecule has 1 heteroatoms. The van der Waals surface area contributed by atoms with Crippen molar-refractivity contribution in [1.82, 2.24) is 0 Å². The van der Waals surface area contributed by atoms with Gasteiger partial charge in [0, 0.05) is 24.0 Å². The smallest absolute Gasteiger partial charge is 0.186 e. The van der Waals surface area contributed by atoms with E-state index in [1.54, 1.807) is 0 Å². The first-order valence-corrected chi connectivity index (χ1v) is 7.37. The molecule has 1 heterocycles. The first-order chi connectivity index (χ1) is 10.3. The van der Waals surface area contributed by atoms with Gasteiger partial charge in [0.2, 0.25) is 0 Å². The number of hydrogen-bond acceptors (Lipinski definition) is 0. The first-order valence-electron chi connectivity index (χ1n) is 7.37. The lowest BCUT2D eigenvalue weighted by molar-refractivity contribution is -0.690. The van der Waals surface area contributed by atoms with Crippen LogP contribution in [0.25, 0.3) is 0 Å². The molecular weight excluding hydrogens is 254 g/mol. The Morgan fingerprint density at radius 3 is 2.62 bits per heavy atom. The van der Waals surface area contributed by atoms with Gasteiger partial charge in [0.15, 0.2) is 12.7 Å². The highest BCUT2D eigenvalue weighted by Gasteiger charge is 2.13. The average molecular weight is 274 g/mol. The summed E-state index contributed by atoms with van der Waals surface area (Å²) in [6.45, 7) is 2.96. The molecule has 0 aliphatic carbocycles. The molecule has 0 amide bonds. The highest BCUT2D eigenvalue weighted by molar-refractivity contribution is 5.42. The normalized spacial score (nSPS) is 9.52. The molecule has 1 nitrogen and oxygen atoms in total. The molecule has 0 saturated heterocycles. The second-order valence-electron chi connectivity index (χ2n) is 4.93. The number of nitrogens with zero attached hydrogens (tertiary/aromatic N) is 1. The van der Waals surface area contributed by atoms with Crippen LogP contribution in [0.4, 0.5) is 0 Å². The summed E-state index contributed by atoms with van der Waals surface area (Å²) >= 11 is 0. The summed E-state index contributed by atoms with van der Waals surface area (Å²) in [5.41, 5.74) is 3.03. The third-order valence-electron chi connectivity index (χ3n) is 3.28. The lowest BCUT2D eigenvalue weighted by Gasteiger charge is -2.01. The maximum absolute atomic E-state index is 5.61. The van der Waals surface area contributed by atoms with Gasteiger partial charge in [-0.2, -0.15) is 4.57 Å². The van der Waals surface area contributed by atoms with E-state index < -0.39 is 0 Å². The number of rotatable bonds is 4. The summed E-state index contributed by atoms with van der Waals surface area (Å²) in [7, 11) is 0. The molecule has 0 radical (unpaired) electrons. The van der Waals surface area contributed by atoms with Crippen molar-refractivity contribution in [3.63, 3.8) is 0 Å². The fourth-order valence-corrected chi connectivity index (χ4v) is 2.13. The summed E-state index contributed by atoms with van der Waals surface area (Å²) < 4.78 is 2.13. The standard InChI is InChI=1S/C20H20N/c1-3-5-6-10-15-20-19(4-2)14-11-16-21(20)17-18-12-8-7-9-13-18/h2,7-9,11-14,16H,3,5-6,17H2,1H3/q+1. The Bertz CT molecular complexity index is 681. The van der Waals surface area contributed by atoms with Crippen LogP contribution in [0.2, 0.25) is 0 Å². The summed E-state index contributed by atoms with van der Waals surface area (Å²) in [6, 6.07) is 14.3. The molecule has 0 fully saturated rings. The SMILES string of the molecule is C#Cc1ccc[n+](Cc2ccccc2)c1C#CCCCC. The molecular formula is C20H20N+. The summed E-state index contributed by atoms with van der Waals surface area (Å²) in [5, 5.41) is 0. The van der Waals surface area contributed by atoms with E-state index in [-0.39, 0.29) is 0 Å². The van der Waals surface area contributed by atoms with Gasteiger partial charge in [-0.1, -0.05) is 55.5 Å². The van der Waals surface area contributed by atoms with Crippen LogP contribution in [-0.2, 0) is 6.54 Å². The summed E-state index contributed by atoms with van der Waals surface area (Å²) in [6.07, 6.45) is 10.9. The Hall–Kier alpha value is -2.51. The van der Waals surface area contributed by atoms with E-state index in [4.69, 9.17) is 6.42 Å². The topological polar surface area (TPSA) is 3.88 Å². The van der Waals surface area contributed by atoms with Crippen molar-refractivity contribution in [3.8, 4) is 24.2 Å². The maximum atomic E-state index is 5.61. The molecule has 0 unspecified atom stereocenters. The zero-order chi connectivity index (χ0) is 14.9. The Morgan fingerprint density at radius 1 is 1.10 bits per heavy atom. The van der Waals surface area contributed by atoms with Gasteiger partial charge < -0.3 is 0 Å². The summed E-state index contributed by atoms with van der Waals surface area (Å²) in [5.74, 6) is 9.23.